The molecule has 10 aliphatic rings. The monoisotopic (exact) mass is 897 g/mol. The van der Waals surface area contributed by atoms with Gasteiger partial charge in [0.2, 0.25) is 0 Å². The summed E-state index contributed by atoms with van der Waals surface area (Å²) in [6, 6.07) is 0. The maximum atomic E-state index is 9.05. The summed E-state index contributed by atoms with van der Waals surface area (Å²) in [5.41, 5.74) is 0. The number of aliphatic hydroxyl groups excluding tert-OH is 1. The van der Waals surface area contributed by atoms with E-state index in [4.69, 9.17) is 24.1 Å². The third-order valence-electron chi connectivity index (χ3n) is 11.1. The molecule has 0 aromatic carbocycles. The quantitative estimate of drug-likeness (QED) is 0.175. The van der Waals surface area contributed by atoms with Crippen molar-refractivity contribution in [1.82, 2.24) is 0 Å². The summed E-state index contributed by atoms with van der Waals surface area (Å²) in [5, 5.41) is 9.05. The van der Waals surface area contributed by atoms with Gasteiger partial charge in [-0.3, -0.25) is 0 Å². The fourth-order valence-electron chi connectivity index (χ4n) is 9.60. The van der Waals surface area contributed by atoms with E-state index in [0.717, 1.165) is 65.3 Å². The van der Waals surface area contributed by atoms with Gasteiger partial charge in [0.15, 0.2) is 0 Å². The van der Waals surface area contributed by atoms with Crippen LogP contribution in [0.2, 0.25) is 0 Å². The van der Waals surface area contributed by atoms with Crippen LogP contribution in [0.4, 0.5) is 0 Å². The molecule has 265 valence electrons. The van der Waals surface area contributed by atoms with Crippen molar-refractivity contribution >= 4 is 40.0 Å². The standard InChI is InChI=1S/2C10H16.C7H16O.2C5H10O2.2HI.V/c2*1-7-2-9-4-8(1)5-10(3-7)6-9;1-3-5-7(8)6-4-2;2*1-2-6-3-5-4-7-5;;;/h2*7-10H,1-6H2;7-8H,3-6H2,1-2H3;2*5H,2-4H2,1H3;2*1H;/q;;;;;;;+2/p-2. The van der Waals surface area contributed by atoms with E-state index >= 15 is 0 Å². The maximum absolute atomic E-state index is 9.05. The van der Waals surface area contributed by atoms with Crippen LogP contribution in [0.25, 0.3) is 0 Å². The first-order chi connectivity index (χ1) is 21.9. The molecule has 2 atom stereocenters. The molecule has 2 saturated heterocycles. The minimum absolute atomic E-state index is 0.0370. The molecule has 0 radical (unpaired) electrons. The Morgan fingerprint density at radius 1 is 0.556 bits per heavy atom. The minimum atomic E-state index is -0.0370. The Morgan fingerprint density at radius 2 is 0.778 bits per heavy atom. The van der Waals surface area contributed by atoms with Crippen LogP contribution in [0.1, 0.15) is 130 Å². The van der Waals surface area contributed by atoms with Crippen LogP contribution >= 0.6 is 40.0 Å². The Hall–Kier alpha value is 1.84. The number of rotatable bonds is 10. The van der Waals surface area contributed by atoms with Crippen LogP contribution < -0.4 is 0 Å². The molecule has 2 heterocycles. The summed E-state index contributed by atoms with van der Waals surface area (Å²) >= 11 is 4.74. The van der Waals surface area contributed by atoms with Gasteiger partial charge in [0, 0.05) is 13.2 Å². The van der Waals surface area contributed by atoms with E-state index < -0.39 is 0 Å². The zero-order valence-electron chi connectivity index (χ0n) is 29.2. The number of hydrogen-bond donors (Lipinski definition) is 1. The fourth-order valence-corrected chi connectivity index (χ4v) is 9.60. The van der Waals surface area contributed by atoms with Crippen molar-refractivity contribution in [2.24, 2.45) is 47.3 Å². The molecule has 2 unspecified atom stereocenters. The zero-order valence-corrected chi connectivity index (χ0v) is 34.9. The summed E-state index contributed by atoms with van der Waals surface area (Å²) in [6.07, 6.45) is 24.2. The predicted molar refractivity (Wildman–Crippen MR) is 200 cm³/mol. The SMILES string of the molecule is C1C2CC3CC1CC(C2)C3.C1C2CC3CC1CC(C2)C3.CCCC(O)CCC.CCOCC1CO1.CCOCC1CO1.[I][V][I]. The van der Waals surface area contributed by atoms with Crippen LogP contribution in [0.5, 0.6) is 0 Å². The molecule has 0 aromatic rings. The molecule has 1 N–H and O–H groups in total. The van der Waals surface area contributed by atoms with Crippen molar-refractivity contribution in [2.75, 3.05) is 39.6 Å². The Kier molecular flexibility index (Phi) is 22.1. The van der Waals surface area contributed by atoms with Crippen molar-refractivity contribution in [2.45, 2.75) is 149 Å². The van der Waals surface area contributed by atoms with Crippen LogP contribution in [0, 0.1) is 47.3 Å². The first-order valence-electron chi connectivity index (χ1n) is 18.9. The summed E-state index contributed by atoms with van der Waals surface area (Å²) in [5.74, 6) is 9.42. The van der Waals surface area contributed by atoms with Gasteiger partial charge < -0.3 is 24.1 Å². The van der Waals surface area contributed by atoms with Crippen LogP contribution in [-0.2, 0) is 28.4 Å². The van der Waals surface area contributed by atoms with E-state index in [1.807, 2.05) is 13.8 Å². The Bertz CT molecular complexity index is 567. The van der Waals surface area contributed by atoms with E-state index in [1.165, 1.54) is 47.3 Å². The molecule has 0 amide bonds. The molecule has 8 heteroatoms. The summed E-state index contributed by atoms with van der Waals surface area (Å²) in [7, 11) is 0.628. The second kappa shape index (κ2) is 24.1. The van der Waals surface area contributed by atoms with Crippen molar-refractivity contribution in [3.63, 3.8) is 0 Å². The first kappa shape index (κ1) is 41.3. The van der Waals surface area contributed by atoms with E-state index in [-0.39, 0.29) is 6.10 Å². The molecule has 8 saturated carbocycles. The van der Waals surface area contributed by atoms with Gasteiger partial charge in [-0.25, -0.2) is 0 Å². The van der Waals surface area contributed by atoms with Gasteiger partial charge in [-0.15, -0.1) is 0 Å². The second-order valence-electron chi connectivity index (χ2n) is 15.3. The van der Waals surface area contributed by atoms with Crippen molar-refractivity contribution in [3.8, 4) is 0 Å². The summed E-state index contributed by atoms with van der Waals surface area (Å²) < 4.78 is 19.8. The molecular formula is C37H68I2O5V. The van der Waals surface area contributed by atoms with Gasteiger partial charge in [0.25, 0.3) is 0 Å². The van der Waals surface area contributed by atoms with Gasteiger partial charge in [-0.1, -0.05) is 26.7 Å². The molecule has 10 rings (SSSR count). The Labute approximate surface area is 306 Å². The predicted octanol–water partition coefficient (Wildman–Crippen LogP) is 10.2. The van der Waals surface area contributed by atoms with Gasteiger partial charge >= 0.3 is 49.4 Å². The topological polar surface area (TPSA) is 63.8 Å². The molecule has 2 aliphatic heterocycles. The average molecular weight is 898 g/mol. The molecule has 10 fully saturated rings. The molecule has 0 spiro atoms. The van der Waals surface area contributed by atoms with Gasteiger partial charge in [0.05, 0.1) is 32.5 Å². The zero-order chi connectivity index (χ0) is 32.4. The Morgan fingerprint density at radius 3 is 0.933 bits per heavy atom. The fraction of sp³-hybridized carbons (Fsp3) is 1.00. The second-order valence-corrected chi connectivity index (χ2v) is 27.1. The van der Waals surface area contributed by atoms with Crippen LogP contribution in [0.3, 0.4) is 0 Å². The summed E-state index contributed by atoms with van der Waals surface area (Å²) in [6.45, 7) is 13.2. The molecule has 8 bridgehead atoms. The van der Waals surface area contributed by atoms with E-state index in [9.17, 15) is 0 Å². The third kappa shape index (κ3) is 18.1. The van der Waals surface area contributed by atoms with Crippen LogP contribution in [-0.4, -0.2) is 63.1 Å². The van der Waals surface area contributed by atoms with E-state index in [2.05, 4.69) is 53.8 Å². The third-order valence-corrected chi connectivity index (χ3v) is 11.1. The molecule has 5 nitrogen and oxygen atoms in total. The number of halogens is 2. The number of aliphatic hydroxyl groups is 1. The van der Waals surface area contributed by atoms with Gasteiger partial charge in [-0.2, -0.15) is 0 Å². The van der Waals surface area contributed by atoms with Crippen molar-refractivity contribution in [3.05, 3.63) is 0 Å². The number of hydrogen-bond acceptors (Lipinski definition) is 5. The van der Waals surface area contributed by atoms with Crippen molar-refractivity contribution in [1.29, 1.82) is 0 Å². The molecule has 8 aliphatic carbocycles. The number of epoxide rings is 2. The van der Waals surface area contributed by atoms with E-state index in [0.29, 0.717) is 21.7 Å². The molecular weight excluding hydrogens is 829 g/mol. The average Bonchev–Trinajstić information content (AvgIpc) is 3.92. The van der Waals surface area contributed by atoms with Gasteiger partial charge in [-0.05, 0) is 151 Å². The summed E-state index contributed by atoms with van der Waals surface area (Å²) in [4.78, 5) is 0. The first-order valence-corrected chi connectivity index (χ1v) is 27.9. The van der Waals surface area contributed by atoms with Crippen molar-refractivity contribution < 1.29 is 33.5 Å². The number of ether oxygens (including phenoxy) is 4. The normalized spacial score (nSPS) is 36.4. The molecule has 45 heavy (non-hydrogen) atoms. The van der Waals surface area contributed by atoms with E-state index in [1.54, 1.807) is 77.0 Å². The molecule has 0 aromatic heterocycles. The Balaban J connectivity index is 0.000000152. The van der Waals surface area contributed by atoms with Crippen LogP contribution in [0.15, 0.2) is 0 Å². The van der Waals surface area contributed by atoms with Gasteiger partial charge in [0.1, 0.15) is 12.2 Å².